The molecule has 0 unspecified atom stereocenters. The fraction of sp³-hybridized carbons (Fsp3) is 0.480. The molecule has 1 fully saturated rings. The third-order valence-corrected chi connectivity index (χ3v) is 7.02. The highest BCUT2D eigenvalue weighted by Crippen LogP contribution is 2.39. The Bertz CT molecular complexity index is 1040. The highest BCUT2D eigenvalue weighted by atomic mass is 16.5. The van der Waals surface area contributed by atoms with Gasteiger partial charge in [-0.2, -0.15) is 0 Å². The lowest BCUT2D eigenvalue weighted by atomic mass is 9.72. The van der Waals surface area contributed by atoms with Crippen molar-refractivity contribution >= 4 is 17.6 Å². The van der Waals surface area contributed by atoms with Crippen LogP contribution in [0.5, 0.6) is 5.75 Å². The predicted octanol–water partition coefficient (Wildman–Crippen LogP) is 1.09. The molecular weight excluding hydrogens is 436 g/mol. The van der Waals surface area contributed by atoms with Crippen molar-refractivity contribution in [2.24, 2.45) is 5.41 Å². The minimum atomic E-state index is -0.979. The summed E-state index contributed by atoms with van der Waals surface area (Å²) in [7, 11) is 1.72. The second-order valence-corrected chi connectivity index (χ2v) is 9.42. The summed E-state index contributed by atoms with van der Waals surface area (Å²) >= 11 is 0. The first-order valence-electron chi connectivity index (χ1n) is 11.6. The molecule has 2 atom stereocenters. The van der Waals surface area contributed by atoms with Crippen LogP contribution in [0, 0.1) is 5.41 Å². The van der Waals surface area contributed by atoms with Crippen molar-refractivity contribution < 1.29 is 24.5 Å². The molecule has 0 radical (unpaired) electrons. The molecule has 1 aromatic heterocycles. The van der Waals surface area contributed by atoms with Crippen LogP contribution in [0.2, 0.25) is 0 Å². The number of carbonyl (C=O) groups is 2. The Balaban J connectivity index is 1.53. The number of aromatic nitrogens is 1. The average molecular weight is 469 g/mol. The Labute approximate surface area is 199 Å². The SMILES string of the molecule is CN1CC2(CCN(C(=O)c3cccnc3N)CC2)C[C@@H](O)[C@@H](O)Cc2ccccc2OCC1=O. The predicted molar refractivity (Wildman–Crippen MR) is 126 cm³/mol. The number of pyridine rings is 1. The maximum absolute atomic E-state index is 13.0. The van der Waals surface area contributed by atoms with Crippen LogP contribution in [0.3, 0.4) is 0 Å². The van der Waals surface area contributed by atoms with Crippen LogP contribution in [0.15, 0.2) is 42.6 Å². The van der Waals surface area contributed by atoms with Gasteiger partial charge in [0.25, 0.3) is 11.8 Å². The van der Waals surface area contributed by atoms with Crippen LogP contribution in [-0.2, 0) is 11.2 Å². The summed E-state index contributed by atoms with van der Waals surface area (Å²) < 4.78 is 5.76. The Kier molecular flexibility index (Phi) is 7.04. The van der Waals surface area contributed by atoms with Gasteiger partial charge in [0.15, 0.2) is 6.61 Å². The van der Waals surface area contributed by atoms with Gasteiger partial charge >= 0.3 is 0 Å². The number of carbonyl (C=O) groups excluding carboxylic acids is 2. The molecule has 2 aromatic rings. The van der Waals surface area contributed by atoms with Gasteiger partial charge in [-0.15, -0.1) is 0 Å². The monoisotopic (exact) mass is 468 g/mol. The number of amides is 2. The second-order valence-electron chi connectivity index (χ2n) is 9.42. The summed E-state index contributed by atoms with van der Waals surface area (Å²) in [6.07, 6.45) is 1.30. The minimum Gasteiger partial charge on any atom is -0.483 e. The minimum absolute atomic E-state index is 0.104. The van der Waals surface area contributed by atoms with Gasteiger partial charge in [0.2, 0.25) is 0 Å². The number of nitrogens with two attached hydrogens (primary N) is 1. The van der Waals surface area contributed by atoms with Crippen LogP contribution in [-0.4, -0.2) is 82.3 Å². The molecule has 9 heteroatoms. The highest BCUT2D eigenvalue weighted by Gasteiger charge is 2.41. The molecule has 0 bridgehead atoms. The van der Waals surface area contributed by atoms with E-state index in [-0.39, 0.29) is 30.7 Å². The number of nitrogens with zero attached hydrogens (tertiary/aromatic N) is 3. The summed E-state index contributed by atoms with van der Waals surface area (Å²) in [6.45, 7) is 1.21. The van der Waals surface area contributed by atoms with Crippen LogP contribution in [0.25, 0.3) is 0 Å². The topological polar surface area (TPSA) is 129 Å². The van der Waals surface area contributed by atoms with Gasteiger partial charge in [0, 0.05) is 39.3 Å². The zero-order valence-electron chi connectivity index (χ0n) is 19.4. The molecule has 2 aliphatic heterocycles. The number of para-hydroxylation sites is 1. The van der Waals surface area contributed by atoms with E-state index >= 15 is 0 Å². The number of rotatable bonds is 1. The summed E-state index contributed by atoms with van der Waals surface area (Å²) in [5, 5.41) is 21.7. The molecule has 1 saturated heterocycles. The lowest BCUT2D eigenvalue weighted by molar-refractivity contribution is -0.135. The molecule has 34 heavy (non-hydrogen) atoms. The Morgan fingerprint density at radius 3 is 2.62 bits per heavy atom. The van der Waals surface area contributed by atoms with E-state index in [0.717, 1.165) is 5.56 Å². The summed E-state index contributed by atoms with van der Waals surface area (Å²) in [4.78, 5) is 33.2. The van der Waals surface area contributed by atoms with E-state index in [2.05, 4.69) is 4.98 Å². The van der Waals surface area contributed by atoms with E-state index in [1.807, 2.05) is 18.2 Å². The van der Waals surface area contributed by atoms with E-state index in [1.165, 1.54) is 0 Å². The number of hydrogen-bond acceptors (Lipinski definition) is 7. The van der Waals surface area contributed by atoms with E-state index in [1.54, 1.807) is 41.2 Å². The van der Waals surface area contributed by atoms with Crippen LogP contribution in [0.4, 0.5) is 5.82 Å². The fourth-order valence-electron chi connectivity index (χ4n) is 4.97. The van der Waals surface area contributed by atoms with Crippen LogP contribution >= 0.6 is 0 Å². The number of aliphatic hydroxyl groups excluding tert-OH is 2. The van der Waals surface area contributed by atoms with Crippen molar-refractivity contribution in [3.63, 3.8) is 0 Å². The molecule has 2 aliphatic rings. The van der Waals surface area contributed by atoms with E-state index < -0.39 is 17.6 Å². The number of nitrogen functional groups attached to an aromatic ring is 1. The van der Waals surface area contributed by atoms with Crippen molar-refractivity contribution in [1.29, 1.82) is 0 Å². The van der Waals surface area contributed by atoms with Gasteiger partial charge in [-0.05, 0) is 48.4 Å². The number of likely N-dealkylation sites (N-methyl/N-ethyl adjacent to an activating group) is 1. The van der Waals surface area contributed by atoms with Gasteiger partial charge in [-0.3, -0.25) is 9.59 Å². The summed E-state index contributed by atoms with van der Waals surface area (Å²) in [5.41, 5.74) is 6.56. The standard InChI is InChI=1S/C25H32N4O5/c1-28-16-25(8-11-29(12-9-25)24(33)18-6-4-10-27-23(18)26)14-20(31)19(30)13-17-5-2-3-7-21(17)34-15-22(28)32/h2-7,10,19-20,30-31H,8-9,11-16H2,1H3,(H2,26,27)/t19-,20+/m0/s1. The number of aliphatic hydroxyl groups is 2. The smallest absolute Gasteiger partial charge is 0.260 e. The molecule has 1 spiro atoms. The first-order chi connectivity index (χ1) is 16.3. The molecule has 1 aromatic carbocycles. The van der Waals surface area contributed by atoms with Crippen LogP contribution in [0.1, 0.15) is 35.2 Å². The van der Waals surface area contributed by atoms with Gasteiger partial charge in [-0.25, -0.2) is 4.98 Å². The van der Waals surface area contributed by atoms with Gasteiger partial charge < -0.3 is 30.5 Å². The Hall–Kier alpha value is -3.17. The highest BCUT2D eigenvalue weighted by molar-refractivity contribution is 5.98. The second kappa shape index (κ2) is 9.99. The number of benzene rings is 1. The molecule has 4 rings (SSSR count). The van der Waals surface area contributed by atoms with Crippen molar-refractivity contribution in [1.82, 2.24) is 14.8 Å². The third kappa shape index (κ3) is 5.15. The first kappa shape index (κ1) is 24.0. The molecule has 2 amide bonds. The molecule has 0 aliphatic carbocycles. The van der Waals surface area contributed by atoms with Crippen molar-refractivity contribution in [3.8, 4) is 5.75 Å². The summed E-state index contributed by atoms with van der Waals surface area (Å²) in [5.74, 6) is 0.394. The van der Waals surface area contributed by atoms with Gasteiger partial charge in [-0.1, -0.05) is 18.2 Å². The molecule has 9 nitrogen and oxygen atoms in total. The van der Waals surface area contributed by atoms with Crippen LogP contribution < -0.4 is 10.5 Å². The van der Waals surface area contributed by atoms with Gasteiger partial charge in [0.1, 0.15) is 11.6 Å². The van der Waals surface area contributed by atoms with Gasteiger partial charge in [0.05, 0.1) is 17.8 Å². The average Bonchev–Trinajstić information content (AvgIpc) is 2.83. The summed E-state index contributed by atoms with van der Waals surface area (Å²) in [6, 6.07) is 10.6. The lowest BCUT2D eigenvalue weighted by Crippen LogP contribution is -2.51. The Morgan fingerprint density at radius 1 is 1.15 bits per heavy atom. The molecule has 3 heterocycles. The van der Waals surface area contributed by atoms with E-state index in [0.29, 0.717) is 50.2 Å². The molecule has 0 saturated carbocycles. The number of piperidine rings is 1. The maximum Gasteiger partial charge on any atom is 0.260 e. The third-order valence-electron chi connectivity index (χ3n) is 7.02. The number of ether oxygens (including phenoxy) is 1. The first-order valence-corrected chi connectivity index (χ1v) is 11.6. The lowest BCUT2D eigenvalue weighted by Gasteiger charge is -2.45. The van der Waals surface area contributed by atoms with E-state index in [9.17, 15) is 19.8 Å². The largest absolute Gasteiger partial charge is 0.483 e. The normalized spacial score (nSPS) is 23.4. The number of anilines is 1. The molecule has 4 N–H and O–H groups in total. The number of hydrogen-bond donors (Lipinski definition) is 3. The van der Waals surface area contributed by atoms with E-state index in [4.69, 9.17) is 10.5 Å². The van der Waals surface area contributed by atoms with Crippen molar-refractivity contribution in [2.45, 2.75) is 37.9 Å². The maximum atomic E-state index is 13.0. The zero-order chi connectivity index (χ0) is 24.3. The Morgan fingerprint density at radius 2 is 1.88 bits per heavy atom. The molecular formula is C25H32N4O5. The fourth-order valence-corrected chi connectivity index (χ4v) is 4.97. The zero-order valence-corrected chi connectivity index (χ0v) is 19.4. The van der Waals surface area contributed by atoms with Crippen molar-refractivity contribution in [3.05, 3.63) is 53.7 Å². The quantitative estimate of drug-likeness (QED) is 0.571. The number of fused-ring (bicyclic) bond motifs is 1. The number of likely N-dealkylation sites (tertiary alicyclic amines) is 1. The molecule has 182 valence electrons. The van der Waals surface area contributed by atoms with Crippen molar-refractivity contribution in [2.75, 3.05) is 39.0 Å².